The zero-order valence-corrected chi connectivity index (χ0v) is 30.4. The molecule has 0 unspecified atom stereocenters. The van der Waals surface area contributed by atoms with Crippen LogP contribution < -0.4 is 4.90 Å². The molecule has 0 atom stereocenters. The molecule has 0 fully saturated rings. The molecule has 254 valence electrons. The predicted octanol–water partition coefficient (Wildman–Crippen LogP) is 15.3. The summed E-state index contributed by atoms with van der Waals surface area (Å²) in [6, 6.07) is 77.1. The Morgan fingerprint density at radius 2 is 0.833 bits per heavy atom. The molecule has 0 bridgehead atoms. The molecule has 1 heterocycles. The van der Waals surface area contributed by atoms with E-state index < -0.39 is 0 Å². The second-order valence-electron chi connectivity index (χ2n) is 13.8. The van der Waals surface area contributed by atoms with Gasteiger partial charge in [0.15, 0.2) is 0 Å². The topological polar surface area (TPSA) is 3.24 Å². The maximum absolute atomic E-state index is 2.37. The Hall–Kier alpha value is -6.74. The van der Waals surface area contributed by atoms with E-state index in [-0.39, 0.29) is 0 Å². The molecule has 0 N–H and O–H groups in total. The second kappa shape index (κ2) is 13.7. The molecule has 2 heteroatoms. The van der Waals surface area contributed by atoms with Crippen molar-refractivity contribution < 1.29 is 0 Å². The number of nitrogens with zero attached hydrogens (tertiary/aromatic N) is 1. The average Bonchev–Trinajstić information content (AvgIpc) is 3.64. The maximum atomic E-state index is 2.37. The highest BCUT2D eigenvalue weighted by Crippen LogP contribution is 2.42. The van der Waals surface area contributed by atoms with E-state index in [0.717, 1.165) is 17.1 Å². The first-order valence-corrected chi connectivity index (χ1v) is 19.2. The summed E-state index contributed by atoms with van der Waals surface area (Å²) in [6.07, 6.45) is 0. The van der Waals surface area contributed by atoms with Gasteiger partial charge in [-0.3, -0.25) is 0 Å². The average molecular weight is 706 g/mol. The molecule has 9 aromatic carbocycles. The Balaban J connectivity index is 1.05. The monoisotopic (exact) mass is 705 g/mol. The summed E-state index contributed by atoms with van der Waals surface area (Å²) in [5, 5.41) is 5.13. The molecule has 1 nitrogen and oxygen atoms in total. The Morgan fingerprint density at radius 1 is 0.296 bits per heavy atom. The molecule has 10 rings (SSSR count). The molecule has 0 aliphatic rings. The van der Waals surface area contributed by atoms with Crippen molar-refractivity contribution >= 4 is 59.3 Å². The van der Waals surface area contributed by atoms with Crippen LogP contribution in [0, 0.1) is 0 Å². The van der Waals surface area contributed by atoms with Gasteiger partial charge in [-0.25, -0.2) is 0 Å². The number of hydrogen-bond donors (Lipinski definition) is 0. The summed E-state index contributed by atoms with van der Waals surface area (Å²) in [4.78, 5) is 2.37. The van der Waals surface area contributed by atoms with E-state index in [2.05, 4.69) is 217 Å². The van der Waals surface area contributed by atoms with Crippen molar-refractivity contribution in [2.24, 2.45) is 0 Å². The summed E-state index contributed by atoms with van der Waals surface area (Å²) in [5.74, 6) is 0. The highest BCUT2D eigenvalue weighted by molar-refractivity contribution is 7.26. The van der Waals surface area contributed by atoms with Gasteiger partial charge in [0.1, 0.15) is 0 Å². The molecule has 0 amide bonds. The van der Waals surface area contributed by atoms with Gasteiger partial charge in [0.05, 0.1) is 0 Å². The minimum atomic E-state index is 1.10. The fourth-order valence-electron chi connectivity index (χ4n) is 7.72. The lowest BCUT2D eigenvalue weighted by Gasteiger charge is -2.26. The van der Waals surface area contributed by atoms with Crippen molar-refractivity contribution in [1.82, 2.24) is 0 Å². The molecule has 0 saturated heterocycles. The molecular weight excluding hydrogens is 671 g/mol. The second-order valence-corrected chi connectivity index (χ2v) is 14.8. The van der Waals surface area contributed by atoms with Crippen molar-refractivity contribution in [2.45, 2.75) is 0 Å². The molecule has 0 aliphatic heterocycles. The molecule has 0 aliphatic carbocycles. The lowest BCUT2D eigenvalue weighted by atomic mass is 9.98. The van der Waals surface area contributed by atoms with E-state index in [1.165, 1.54) is 75.5 Å². The van der Waals surface area contributed by atoms with Gasteiger partial charge in [-0.2, -0.15) is 0 Å². The third-order valence-electron chi connectivity index (χ3n) is 10.5. The van der Waals surface area contributed by atoms with Gasteiger partial charge in [0, 0.05) is 37.2 Å². The Bertz CT molecular complexity index is 2920. The molecule has 0 spiro atoms. The van der Waals surface area contributed by atoms with Crippen LogP contribution >= 0.6 is 11.3 Å². The summed E-state index contributed by atoms with van der Waals surface area (Å²) in [5.41, 5.74) is 13.0. The molecule has 1 aromatic heterocycles. The summed E-state index contributed by atoms with van der Waals surface area (Å²) < 4.78 is 2.66. The summed E-state index contributed by atoms with van der Waals surface area (Å²) >= 11 is 1.88. The Morgan fingerprint density at radius 3 is 1.61 bits per heavy atom. The SMILES string of the molecule is c1ccc(-c2cccc(-c3ccc(N(c4ccc(-c5cccc6c5sc5ccccc56)cc4)c4cccc(-c5ccc6ccccc6c5)c4)cc3)c2)cc1. The fourth-order valence-corrected chi connectivity index (χ4v) is 8.96. The summed E-state index contributed by atoms with van der Waals surface area (Å²) in [6.45, 7) is 0. The van der Waals surface area contributed by atoms with Crippen LogP contribution in [0.2, 0.25) is 0 Å². The minimum absolute atomic E-state index is 1.10. The van der Waals surface area contributed by atoms with Crippen LogP contribution in [0.4, 0.5) is 17.1 Å². The maximum Gasteiger partial charge on any atom is 0.0467 e. The van der Waals surface area contributed by atoms with Gasteiger partial charge in [-0.15, -0.1) is 11.3 Å². The molecule has 54 heavy (non-hydrogen) atoms. The van der Waals surface area contributed by atoms with E-state index in [4.69, 9.17) is 0 Å². The van der Waals surface area contributed by atoms with Crippen LogP contribution in [-0.4, -0.2) is 0 Å². The number of thiophene rings is 1. The number of anilines is 3. The third-order valence-corrected chi connectivity index (χ3v) is 11.7. The van der Waals surface area contributed by atoms with Crippen LogP contribution in [-0.2, 0) is 0 Å². The Labute approximate surface area is 319 Å². The lowest BCUT2D eigenvalue weighted by Crippen LogP contribution is -2.10. The zero-order valence-electron chi connectivity index (χ0n) is 29.6. The minimum Gasteiger partial charge on any atom is -0.310 e. The van der Waals surface area contributed by atoms with Crippen LogP contribution in [0.3, 0.4) is 0 Å². The van der Waals surface area contributed by atoms with Gasteiger partial charge in [-0.1, -0.05) is 158 Å². The molecule has 0 saturated carbocycles. The van der Waals surface area contributed by atoms with Gasteiger partial charge in [0.25, 0.3) is 0 Å². The van der Waals surface area contributed by atoms with Crippen LogP contribution in [0.1, 0.15) is 0 Å². The van der Waals surface area contributed by atoms with E-state index >= 15 is 0 Å². The lowest BCUT2D eigenvalue weighted by molar-refractivity contribution is 1.28. The highest BCUT2D eigenvalue weighted by atomic mass is 32.1. The number of rotatable bonds is 7. The van der Waals surface area contributed by atoms with Crippen molar-refractivity contribution in [3.05, 3.63) is 212 Å². The van der Waals surface area contributed by atoms with Gasteiger partial charge < -0.3 is 4.90 Å². The quantitative estimate of drug-likeness (QED) is 0.160. The third kappa shape index (κ3) is 5.93. The number of hydrogen-bond acceptors (Lipinski definition) is 2. The largest absolute Gasteiger partial charge is 0.310 e. The first kappa shape index (κ1) is 32.0. The van der Waals surface area contributed by atoms with E-state index in [1.807, 2.05) is 11.3 Å². The van der Waals surface area contributed by atoms with Crippen molar-refractivity contribution in [2.75, 3.05) is 4.90 Å². The highest BCUT2D eigenvalue weighted by Gasteiger charge is 2.16. The molecular formula is C52H35NS. The van der Waals surface area contributed by atoms with Gasteiger partial charge in [-0.05, 0) is 110 Å². The van der Waals surface area contributed by atoms with E-state index in [9.17, 15) is 0 Å². The van der Waals surface area contributed by atoms with Gasteiger partial charge in [0.2, 0.25) is 0 Å². The van der Waals surface area contributed by atoms with E-state index in [1.54, 1.807) is 0 Å². The van der Waals surface area contributed by atoms with Crippen molar-refractivity contribution in [3.8, 4) is 44.5 Å². The van der Waals surface area contributed by atoms with Crippen molar-refractivity contribution in [3.63, 3.8) is 0 Å². The molecule has 10 aromatic rings. The zero-order chi connectivity index (χ0) is 35.8. The van der Waals surface area contributed by atoms with Crippen LogP contribution in [0.25, 0.3) is 75.5 Å². The summed E-state index contributed by atoms with van der Waals surface area (Å²) in [7, 11) is 0. The van der Waals surface area contributed by atoms with Gasteiger partial charge >= 0.3 is 0 Å². The molecule has 0 radical (unpaired) electrons. The number of fused-ring (bicyclic) bond motifs is 4. The van der Waals surface area contributed by atoms with Crippen LogP contribution in [0.5, 0.6) is 0 Å². The van der Waals surface area contributed by atoms with Crippen molar-refractivity contribution in [1.29, 1.82) is 0 Å². The van der Waals surface area contributed by atoms with Crippen LogP contribution in [0.15, 0.2) is 212 Å². The number of benzene rings is 9. The Kier molecular flexibility index (Phi) is 8.09. The predicted molar refractivity (Wildman–Crippen MR) is 233 cm³/mol. The first-order valence-electron chi connectivity index (χ1n) is 18.4. The van der Waals surface area contributed by atoms with E-state index in [0.29, 0.717) is 0 Å². The smallest absolute Gasteiger partial charge is 0.0467 e. The fraction of sp³-hybridized carbons (Fsp3) is 0. The normalized spacial score (nSPS) is 11.3. The first-order chi connectivity index (χ1) is 26.7. The standard InChI is InChI=1S/C52H35NS/c1-2-11-36(12-3-1)41-15-8-16-42(33-41)38-25-29-45(30-26-38)53(47-18-9-17-43(35-47)44-24-23-37-13-4-5-14-40(37)34-44)46-31-27-39(28-32-46)48-20-10-21-50-49-19-6-7-22-51(49)54-52(48)50/h1-35H.